The van der Waals surface area contributed by atoms with Crippen molar-refractivity contribution in [2.24, 2.45) is 0 Å². The lowest BCUT2D eigenvalue weighted by molar-refractivity contribution is -0.147. The first-order valence-electron chi connectivity index (χ1n) is 20.2. The second kappa shape index (κ2) is 36.1. The van der Waals surface area contributed by atoms with Crippen LogP contribution < -0.4 is 10.6 Å². The first-order chi connectivity index (χ1) is 24.3. The third-order valence-electron chi connectivity index (χ3n) is 8.91. The maximum Gasteiger partial charge on any atom is 0.328 e. The third-order valence-corrected chi connectivity index (χ3v) is 8.91. The maximum absolute atomic E-state index is 12.7. The van der Waals surface area contributed by atoms with Crippen molar-refractivity contribution in [2.45, 2.75) is 199 Å². The van der Waals surface area contributed by atoms with E-state index in [1.165, 1.54) is 89.9 Å². The minimum Gasteiger partial charge on any atom is -0.480 e. The Hall–Kier alpha value is -2.68. The van der Waals surface area contributed by atoms with Gasteiger partial charge in [-0.2, -0.15) is 0 Å². The van der Waals surface area contributed by atoms with E-state index >= 15 is 0 Å². The summed E-state index contributed by atoms with van der Waals surface area (Å²) in [6.45, 7) is 3.45. The molecule has 0 aromatic heterocycles. The normalized spacial score (nSPS) is 12.7. The monoisotopic (exact) mass is 707 g/mol. The number of nitrogens with one attached hydrogen (secondary N) is 2. The molecule has 9 nitrogen and oxygen atoms in total. The number of amides is 2. The summed E-state index contributed by atoms with van der Waals surface area (Å²) in [6.07, 6.45) is 37.9. The average Bonchev–Trinajstić information content (AvgIpc) is 3.10. The van der Waals surface area contributed by atoms with Gasteiger partial charge in [0.25, 0.3) is 0 Å². The molecule has 0 heterocycles. The molecular formula is C41H74N2O7. The zero-order valence-electron chi connectivity index (χ0n) is 31.9. The molecule has 0 aliphatic rings. The summed E-state index contributed by atoms with van der Waals surface area (Å²) in [5, 5.41) is 22.5. The van der Waals surface area contributed by atoms with E-state index in [4.69, 9.17) is 14.9 Å². The van der Waals surface area contributed by atoms with Gasteiger partial charge in [0, 0.05) is 12.8 Å². The van der Waals surface area contributed by atoms with Crippen LogP contribution in [0.25, 0.3) is 0 Å². The van der Waals surface area contributed by atoms with E-state index in [-0.39, 0.29) is 24.5 Å². The quantitative estimate of drug-likeness (QED) is 0.0289. The van der Waals surface area contributed by atoms with Crippen LogP contribution >= 0.6 is 0 Å². The molecule has 290 valence electrons. The fourth-order valence-corrected chi connectivity index (χ4v) is 5.74. The standard InChI is InChI=1S/C41H74N2O7/c1-3-5-7-9-11-13-14-15-16-17-19-25-29-33-40(47)50-36(30-26-22-18-12-10-8-6-4-2)31-27-23-20-21-24-28-32-38(45)42-34-39(46)43-37(35-44)41(48)49/h13-14,26,30,36-37,44H,3-12,15-25,27-29,31-35H2,1-2H3,(H,42,45)(H,43,46)(H,48,49)/b14-13-,30-26-. The molecule has 50 heavy (non-hydrogen) atoms. The molecule has 0 aliphatic carbocycles. The Kier molecular flexibility index (Phi) is 34.2. The number of unbranched alkanes of at least 4 members (excludes halogenated alkanes) is 20. The summed E-state index contributed by atoms with van der Waals surface area (Å²) < 4.78 is 5.92. The summed E-state index contributed by atoms with van der Waals surface area (Å²) >= 11 is 0. The van der Waals surface area contributed by atoms with Crippen LogP contribution in [0.5, 0.6) is 0 Å². The fraction of sp³-hybridized carbons (Fsp3) is 0.805. The van der Waals surface area contributed by atoms with Crippen LogP contribution in [0.1, 0.15) is 187 Å². The molecule has 0 spiro atoms. The molecule has 0 saturated carbocycles. The van der Waals surface area contributed by atoms with Crippen LogP contribution in [0.3, 0.4) is 0 Å². The van der Waals surface area contributed by atoms with Crippen molar-refractivity contribution in [1.29, 1.82) is 0 Å². The van der Waals surface area contributed by atoms with Crippen molar-refractivity contribution in [2.75, 3.05) is 13.2 Å². The van der Waals surface area contributed by atoms with E-state index in [0.717, 1.165) is 64.2 Å². The molecule has 0 radical (unpaired) electrons. The van der Waals surface area contributed by atoms with E-state index in [2.05, 4.69) is 48.8 Å². The molecule has 9 heteroatoms. The molecule has 2 atom stereocenters. The number of carbonyl (C=O) groups excluding carboxylic acids is 3. The van der Waals surface area contributed by atoms with Gasteiger partial charge in [-0.3, -0.25) is 14.4 Å². The number of carboxylic acid groups (broad SMARTS) is 1. The van der Waals surface area contributed by atoms with Crippen LogP contribution in [0.2, 0.25) is 0 Å². The van der Waals surface area contributed by atoms with Crippen molar-refractivity contribution < 1.29 is 34.1 Å². The van der Waals surface area contributed by atoms with Crippen molar-refractivity contribution in [3.63, 3.8) is 0 Å². The Bertz CT molecular complexity index is 905. The number of aliphatic hydroxyl groups excluding tert-OH is 1. The number of esters is 1. The Morgan fingerprint density at radius 1 is 0.600 bits per heavy atom. The number of hydrogen-bond acceptors (Lipinski definition) is 6. The van der Waals surface area contributed by atoms with Crippen LogP contribution in [-0.2, 0) is 23.9 Å². The Balaban J connectivity index is 4.25. The number of carboxylic acids is 1. The largest absolute Gasteiger partial charge is 0.480 e. The molecule has 0 saturated heterocycles. The Morgan fingerprint density at radius 3 is 1.64 bits per heavy atom. The van der Waals surface area contributed by atoms with Crippen molar-refractivity contribution >= 4 is 23.8 Å². The first-order valence-corrected chi connectivity index (χ1v) is 20.2. The number of ether oxygens (including phenoxy) is 1. The summed E-state index contributed by atoms with van der Waals surface area (Å²) in [4.78, 5) is 47.3. The topological polar surface area (TPSA) is 142 Å². The number of hydrogen-bond donors (Lipinski definition) is 4. The summed E-state index contributed by atoms with van der Waals surface area (Å²) in [7, 11) is 0. The summed E-state index contributed by atoms with van der Waals surface area (Å²) in [5.41, 5.74) is 0. The molecule has 2 amide bonds. The van der Waals surface area contributed by atoms with E-state index in [1.54, 1.807) is 0 Å². The van der Waals surface area contributed by atoms with Gasteiger partial charge >= 0.3 is 11.9 Å². The lowest BCUT2D eigenvalue weighted by Crippen LogP contribution is -2.47. The van der Waals surface area contributed by atoms with Gasteiger partial charge in [0.1, 0.15) is 12.1 Å². The molecule has 0 rings (SSSR count). The molecular weight excluding hydrogens is 632 g/mol. The van der Waals surface area contributed by atoms with Crippen LogP contribution in [0.4, 0.5) is 0 Å². The number of aliphatic hydroxyl groups is 1. The lowest BCUT2D eigenvalue weighted by atomic mass is 10.0. The molecule has 0 aliphatic heterocycles. The van der Waals surface area contributed by atoms with Crippen molar-refractivity contribution in [3.8, 4) is 0 Å². The number of aliphatic carboxylic acids is 1. The van der Waals surface area contributed by atoms with Crippen LogP contribution in [0.15, 0.2) is 24.3 Å². The van der Waals surface area contributed by atoms with Gasteiger partial charge in [0.2, 0.25) is 11.8 Å². The van der Waals surface area contributed by atoms with Crippen LogP contribution in [-0.4, -0.2) is 59.3 Å². The number of carbonyl (C=O) groups is 4. The number of allylic oxidation sites excluding steroid dienone is 3. The number of rotatable bonds is 36. The second-order valence-electron chi connectivity index (χ2n) is 13.7. The van der Waals surface area contributed by atoms with E-state index in [9.17, 15) is 19.2 Å². The van der Waals surface area contributed by atoms with Gasteiger partial charge in [0.05, 0.1) is 13.2 Å². The SMILES string of the molecule is CCCCCC/C=C\CCCCCCCC(=O)OC(/C=C\CCCCCCCC)CCCCCCCCC(=O)NCC(=O)NC(CO)C(=O)O. The molecule has 0 fully saturated rings. The zero-order chi connectivity index (χ0) is 36.9. The highest BCUT2D eigenvalue weighted by Crippen LogP contribution is 2.16. The summed E-state index contributed by atoms with van der Waals surface area (Å²) in [5.74, 6) is -2.33. The maximum atomic E-state index is 12.7. The molecule has 0 aromatic rings. The summed E-state index contributed by atoms with van der Waals surface area (Å²) in [6, 6.07) is -1.38. The van der Waals surface area contributed by atoms with Gasteiger partial charge in [-0.15, -0.1) is 0 Å². The third kappa shape index (κ3) is 32.5. The smallest absolute Gasteiger partial charge is 0.328 e. The van der Waals surface area contributed by atoms with Gasteiger partial charge in [-0.05, 0) is 70.3 Å². The van der Waals surface area contributed by atoms with Crippen molar-refractivity contribution in [3.05, 3.63) is 24.3 Å². The van der Waals surface area contributed by atoms with Gasteiger partial charge in [-0.1, -0.05) is 128 Å². The second-order valence-corrected chi connectivity index (χ2v) is 13.7. The van der Waals surface area contributed by atoms with E-state index < -0.39 is 24.5 Å². The van der Waals surface area contributed by atoms with Crippen molar-refractivity contribution in [1.82, 2.24) is 10.6 Å². The lowest BCUT2D eigenvalue weighted by Gasteiger charge is -2.15. The van der Waals surface area contributed by atoms with Crippen LogP contribution in [0, 0.1) is 0 Å². The zero-order valence-corrected chi connectivity index (χ0v) is 31.9. The first kappa shape index (κ1) is 47.3. The highest BCUT2D eigenvalue weighted by molar-refractivity contribution is 5.87. The minimum atomic E-state index is -1.38. The molecule has 0 bridgehead atoms. The fourth-order valence-electron chi connectivity index (χ4n) is 5.74. The van der Waals surface area contributed by atoms with Gasteiger partial charge < -0.3 is 25.6 Å². The Morgan fingerprint density at radius 2 is 1.08 bits per heavy atom. The van der Waals surface area contributed by atoms with E-state index in [0.29, 0.717) is 19.3 Å². The predicted molar refractivity (Wildman–Crippen MR) is 204 cm³/mol. The van der Waals surface area contributed by atoms with E-state index in [1.807, 2.05) is 0 Å². The highest BCUT2D eigenvalue weighted by Gasteiger charge is 2.18. The highest BCUT2D eigenvalue weighted by atomic mass is 16.5. The molecule has 2 unspecified atom stereocenters. The average molecular weight is 707 g/mol. The predicted octanol–water partition coefficient (Wildman–Crippen LogP) is 9.26. The van der Waals surface area contributed by atoms with Gasteiger partial charge in [-0.25, -0.2) is 4.79 Å². The van der Waals surface area contributed by atoms with Gasteiger partial charge in [0.15, 0.2) is 0 Å². The Labute approximate surface area is 304 Å². The molecule has 4 N–H and O–H groups in total. The minimum absolute atomic E-state index is 0.0870. The molecule has 0 aromatic carbocycles.